The number of carbonyl (C=O) groups excluding carboxylic acids is 1. The molecule has 3 N–H and O–H groups in total. The molecule has 0 unspecified atom stereocenters. The Morgan fingerprint density at radius 2 is 2.50 bits per heavy atom. The van der Waals surface area contributed by atoms with Crippen molar-refractivity contribution < 1.29 is 9.53 Å². The monoisotopic (exact) mass is 118 g/mol. The third-order valence-electron chi connectivity index (χ3n) is 0.522. The lowest BCUT2D eigenvalue weighted by Crippen LogP contribution is -2.29. The molecule has 0 spiro atoms. The molecule has 0 aliphatic heterocycles. The van der Waals surface area contributed by atoms with Crippen LogP contribution in [0.25, 0.3) is 0 Å². The molecule has 0 heterocycles. The summed E-state index contributed by atoms with van der Waals surface area (Å²) in [4.78, 5) is 10.2. The summed E-state index contributed by atoms with van der Waals surface area (Å²) >= 11 is 0. The van der Waals surface area contributed by atoms with E-state index in [4.69, 9.17) is 5.73 Å². The van der Waals surface area contributed by atoms with Crippen LogP contribution in [0.5, 0.6) is 0 Å². The number of rotatable bonds is 2. The Morgan fingerprint density at radius 1 is 1.88 bits per heavy atom. The number of hydrogen-bond donors (Lipinski definition) is 2. The van der Waals surface area contributed by atoms with Crippen LogP contribution in [0.1, 0.15) is 6.92 Å². The molecule has 0 rings (SSSR count). The normalized spacial score (nSPS) is 8.25. The lowest BCUT2D eigenvalue weighted by molar-refractivity contribution is 0.152. The zero-order chi connectivity index (χ0) is 6.41. The van der Waals surface area contributed by atoms with E-state index < -0.39 is 6.09 Å². The predicted molar refractivity (Wildman–Crippen MR) is 29.2 cm³/mol. The molecule has 0 saturated heterocycles. The molecular weight excluding hydrogens is 108 g/mol. The standard InChI is InChI=1S/C4H10N2O2/c1-2-8-4(7)6-3-5/h2-3,5H2,1H3,(H,6,7). The molecule has 0 bridgehead atoms. The van der Waals surface area contributed by atoms with E-state index in [1.165, 1.54) is 0 Å². The molecule has 0 radical (unpaired) electrons. The highest BCUT2D eigenvalue weighted by molar-refractivity contribution is 5.66. The highest BCUT2D eigenvalue weighted by Gasteiger charge is 1.92. The van der Waals surface area contributed by atoms with Gasteiger partial charge in [-0.1, -0.05) is 0 Å². The fourth-order valence-electron chi connectivity index (χ4n) is 0.265. The first kappa shape index (κ1) is 7.23. The topological polar surface area (TPSA) is 64.3 Å². The van der Waals surface area contributed by atoms with Crippen LogP contribution in [0.15, 0.2) is 0 Å². The summed E-state index contributed by atoms with van der Waals surface area (Å²) in [6.07, 6.45) is -0.463. The van der Waals surface area contributed by atoms with Crippen LogP contribution in [-0.4, -0.2) is 19.4 Å². The Labute approximate surface area is 48.0 Å². The maximum Gasteiger partial charge on any atom is 0.408 e. The van der Waals surface area contributed by atoms with Gasteiger partial charge in [-0.3, -0.25) is 0 Å². The number of nitrogens with two attached hydrogens (primary N) is 1. The van der Waals surface area contributed by atoms with Gasteiger partial charge in [-0.2, -0.15) is 0 Å². The molecule has 0 fully saturated rings. The van der Waals surface area contributed by atoms with E-state index >= 15 is 0 Å². The fourth-order valence-corrected chi connectivity index (χ4v) is 0.265. The van der Waals surface area contributed by atoms with Crippen molar-refractivity contribution in [3.05, 3.63) is 0 Å². The summed E-state index contributed by atoms with van der Waals surface area (Å²) in [6.45, 7) is 2.24. The van der Waals surface area contributed by atoms with Crippen molar-refractivity contribution in [2.75, 3.05) is 13.3 Å². The molecule has 1 amide bonds. The lowest BCUT2D eigenvalue weighted by Gasteiger charge is -1.99. The third-order valence-corrected chi connectivity index (χ3v) is 0.522. The van der Waals surface area contributed by atoms with Crippen molar-refractivity contribution in [3.63, 3.8) is 0 Å². The molecule has 8 heavy (non-hydrogen) atoms. The Kier molecular flexibility index (Phi) is 3.97. The van der Waals surface area contributed by atoms with Crippen LogP contribution in [0, 0.1) is 0 Å². The first-order valence-electron chi connectivity index (χ1n) is 2.42. The number of ether oxygens (including phenoxy) is 1. The van der Waals surface area contributed by atoms with E-state index in [1.54, 1.807) is 6.92 Å². The minimum Gasteiger partial charge on any atom is -0.450 e. The fraction of sp³-hybridized carbons (Fsp3) is 0.750. The smallest absolute Gasteiger partial charge is 0.408 e. The SMILES string of the molecule is CCOC(=O)NCN. The van der Waals surface area contributed by atoms with Crippen molar-refractivity contribution in [2.24, 2.45) is 5.73 Å². The molecule has 0 aliphatic rings. The maximum absolute atomic E-state index is 10.2. The zero-order valence-corrected chi connectivity index (χ0v) is 4.81. The van der Waals surface area contributed by atoms with Crippen molar-refractivity contribution in [1.82, 2.24) is 5.32 Å². The van der Waals surface area contributed by atoms with Gasteiger partial charge in [0.2, 0.25) is 0 Å². The first-order chi connectivity index (χ1) is 3.81. The van der Waals surface area contributed by atoms with E-state index in [0.29, 0.717) is 6.61 Å². The van der Waals surface area contributed by atoms with E-state index in [9.17, 15) is 4.79 Å². The summed E-state index contributed by atoms with van der Waals surface area (Å²) in [7, 11) is 0. The van der Waals surface area contributed by atoms with Gasteiger partial charge in [-0.25, -0.2) is 4.79 Å². The largest absolute Gasteiger partial charge is 0.450 e. The van der Waals surface area contributed by atoms with Crippen molar-refractivity contribution in [2.45, 2.75) is 6.92 Å². The quantitative estimate of drug-likeness (QED) is 0.487. The molecule has 0 atom stereocenters. The van der Waals surface area contributed by atoms with Crippen LogP contribution in [-0.2, 0) is 4.74 Å². The summed E-state index contributed by atoms with van der Waals surface area (Å²) in [6, 6.07) is 0. The van der Waals surface area contributed by atoms with Gasteiger partial charge in [-0.15, -0.1) is 0 Å². The van der Waals surface area contributed by atoms with Gasteiger partial charge in [0.1, 0.15) is 0 Å². The number of hydrogen-bond acceptors (Lipinski definition) is 3. The number of amides is 1. The highest BCUT2D eigenvalue weighted by Crippen LogP contribution is 1.71. The van der Waals surface area contributed by atoms with E-state index in [-0.39, 0.29) is 6.67 Å². The predicted octanol–water partition coefficient (Wildman–Crippen LogP) is -0.351. The molecule has 0 aromatic rings. The highest BCUT2D eigenvalue weighted by atomic mass is 16.5. The lowest BCUT2D eigenvalue weighted by atomic mass is 10.9. The van der Waals surface area contributed by atoms with E-state index in [1.807, 2.05) is 0 Å². The molecule has 0 saturated carbocycles. The summed E-state index contributed by atoms with van der Waals surface area (Å²) in [5.41, 5.74) is 4.95. The van der Waals surface area contributed by atoms with Gasteiger partial charge >= 0.3 is 6.09 Å². The molecule has 0 aromatic carbocycles. The Hall–Kier alpha value is -0.770. The average Bonchev–Trinajstić information content (AvgIpc) is 1.68. The van der Waals surface area contributed by atoms with Gasteiger partial charge in [0, 0.05) is 0 Å². The second-order valence-electron chi connectivity index (χ2n) is 1.10. The first-order valence-corrected chi connectivity index (χ1v) is 2.42. The Balaban J connectivity index is 3.06. The van der Waals surface area contributed by atoms with Crippen LogP contribution in [0.3, 0.4) is 0 Å². The zero-order valence-electron chi connectivity index (χ0n) is 4.81. The minimum absolute atomic E-state index is 0.124. The number of alkyl carbamates (subject to hydrolysis) is 1. The molecule has 4 heteroatoms. The van der Waals surface area contributed by atoms with Gasteiger partial charge < -0.3 is 15.8 Å². The number of nitrogens with one attached hydrogen (secondary N) is 1. The van der Waals surface area contributed by atoms with Gasteiger partial charge in [0.05, 0.1) is 13.3 Å². The molecular formula is C4H10N2O2. The minimum atomic E-state index is -0.463. The molecule has 48 valence electrons. The molecule has 0 aliphatic carbocycles. The van der Waals surface area contributed by atoms with Crippen LogP contribution in [0.2, 0.25) is 0 Å². The van der Waals surface area contributed by atoms with Crippen molar-refractivity contribution >= 4 is 6.09 Å². The number of carbonyl (C=O) groups is 1. The van der Waals surface area contributed by atoms with Crippen molar-refractivity contribution in [1.29, 1.82) is 0 Å². The van der Waals surface area contributed by atoms with Crippen LogP contribution < -0.4 is 11.1 Å². The third kappa shape index (κ3) is 3.42. The second kappa shape index (κ2) is 4.39. The van der Waals surface area contributed by atoms with Gasteiger partial charge in [-0.05, 0) is 6.92 Å². The van der Waals surface area contributed by atoms with Crippen LogP contribution >= 0.6 is 0 Å². The summed E-state index contributed by atoms with van der Waals surface area (Å²) < 4.78 is 4.45. The van der Waals surface area contributed by atoms with Crippen LogP contribution in [0.4, 0.5) is 4.79 Å². The van der Waals surface area contributed by atoms with Crippen molar-refractivity contribution in [3.8, 4) is 0 Å². The van der Waals surface area contributed by atoms with Gasteiger partial charge in [0.15, 0.2) is 0 Å². The maximum atomic E-state index is 10.2. The second-order valence-corrected chi connectivity index (χ2v) is 1.10. The summed E-state index contributed by atoms with van der Waals surface area (Å²) in [5, 5.41) is 2.26. The molecule has 0 aromatic heterocycles. The van der Waals surface area contributed by atoms with E-state index in [2.05, 4.69) is 10.1 Å². The van der Waals surface area contributed by atoms with Gasteiger partial charge in [0.25, 0.3) is 0 Å². The Bertz CT molecular complexity index is 66.4. The average molecular weight is 118 g/mol. The molecule has 4 nitrogen and oxygen atoms in total. The summed E-state index contributed by atoms with van der Waals surface area (Å²) in [5.74, 6) is 0. The van der Waals surface area contributed by atoms with E-state index in [0.717, 1.165) is 0 Å². The Morgan fingerprint density at radius 3 is 2.88 bits per heavy atom.